The molecule has 0 saturated heterocycles. The van der Waals surface area contributed by atoms with Crippen molar-refractivity contribution >= 4 is 33.2 Å². The molecule has 3 nitrogen and oxygen atoms in total. The molecule has 1 amide bonds. The molecule has 0 bridgehead atoms. The molecule has 92 valence electrons. The standard InChI is InChI=1S/C13H10BrFN2O/c14-10-4-2-1-3-9(10)13(18)17-8-5-6-11(15)12(16)7-8/h1-7H,16H2,(H,17,18). The van der Waals surface area contributed by atoms with Crippen molar-refractivity contribution in [2.75, 3.05) is 11.1 Å². The first-order valence-electron chi connectivity index (χ1n) is 5.19. The van der Waals surface area contributed by atoms with Gasteiger partial charge in [-0.3, -0.25) is 4.79 Å². The lowest BCUT2D eigenvalue weighted by Crippen LogP contribution is -2.12. The monoisotopic (exact) mass is 308 g/mol. The number of rotatable bonds is 2. The third kappa shape index (κ3) is 2.68. The van der Waals surface area contributed by atoms with Gasteiger partial charge < -0.3 is 11.1 Å². The average molecular weight is 309 g/mol. The van der Waals surface area contributed by atoms with E-state index in [4.69, 9.17) is 5.73 Å². The number of benzene rings is 2. The van der Waals surface area contributed by atoms with E-state index in [-0.39, 0.29) is 11.6 Å². The molecule has 0 atom stereocenters. The molecule has 0 heterocycles. The van der Waals surface area contributed by atoms with Crippen LogP contribution in [0.4, 0.5) is 15.8 Å². The second kappa shape index (κ2) is 5.18. The number of anilines is 2. The Hall–Kier alpha value is -1.88. The summed E-state index contributed by atoms with van der Waals surface area (Å²) in [5.41, 5.74) is 6.38. The number of carbonyl (C=O) groups is 1. The van der Waals surface area contributed by atoms with Crippen molar-refractivity contribution in [3.63, 3.8) is 0 Å². The summed E-state index contributed by atoms with van der Waals surface area (Å²) < 4.78 is 13.7. The molecule has 0 spiro atoms. The fourth-order valence-corrected chi connectivity index (χ4v) is 1.93. The maximum Gasteiger partial charge on any atom is 0.256 e. The molecule has 0 aromatic heterocycles. The summed E-state index contributed by atoms with van der Waals surface area (Å²) in [7, 11) is 0. The fourth-order valence-electron chi connectivity index (χ4n) is 1.47. The van der Waals surface area contributed by atoms with Gasteiger partial charge in [-0.2, -0.15) is 0 Å². The Kier molecular flexibility index (Phi) is 3.62. The Labute approximate surface area is 112 Å². The summed E-state index contributed by atoms with van der Waals surface area (Å²) in [6.45, 7) is 0. The molecule has 2 aromatic rings. The average Bonchev–Trinajstić information content (AvgIpc) is 2.34. The minimum absolute atomic E-state index is 0.0000673. The van der Waals surface area contributed by atoms with E-state index in [1.54, 1.807) is 18.2 Å². The van der Waals surface area contributed by atoms with Crippen LogP contribution in [0.25, 0.3) is 0 Å². The molecular formula is C13H10BrFN2O. The van der Waals surface area contributed by atoms with Crippen LogP contribution in [0.3, 0.4) is 0 Å². The Bertz CT molecular complexity index is 601. The quantitative estimate of drug-likeness (QED) is 0.835. The van der Waals surface area contributed by atoms with Crippen molar-refractivity contribution in [1.29, 1.82) is 0 Å². The van der Waals surface area contributed by atoms with Gasteiger partial charge in [0.1, 0.15) is 5.82 Å². The zero-order chi connectivity index (χ0) is 13.1. The van der Waals surface area contributed by atoms with E-state index in [0.717, 1.165) is 0 Å². The summed E-state index contributed by atoms with van der Waals surface area (Å²) in [5.74, 6) is -0.789. The number of carbonyl (C=O) groups excluding carboxylic acids is 1. The second-order valence-electron chi connectivity index (χ2n) is 3.67. The molecular weight excluding hydrogens is 299 g/mol. The SMILES string of the molecule is Nc1cc(NC(=O)c2ccccc2Br)ccc1F. The predicted molar refractivity (Wildman–Crippen MR) is 72.9 cm³/mol. The highest BCUT2D eigenvalue weighted by Crippen LogP contribution is 2.20. The van der Waals surface area contributed by atoms with Gasteiger partial charge >= 0.3 is 0 Å². The van der Waals surface area contributed by atoms with E-state index >= 15 is 0 Å². The van der Waals surface area contributed by atoms with E-state index in [1.807, 2.05) is 6.07 Å². The molecule has 18 heavy (non-hydrogen) atoms. The number of nitrogen functional groups attached to an aromatic ring is 1. The van der Waals surface area contributed by atoms with E-state index in [1.165, 1.54) is 18.2 Å². The third-order valence-corrected chi connectivity index (χ3v) is 3.06. The molecule has 3 N–H and O–H groups in total. The van der Waals surface area contributed by atoms with Gasteiger partial charge in [0.05, 0.1) is 11.3 Å². The number of halogens is 2. The molecule has 0 aliphatic carbocycles. The maximum absolute atomic E-state index is 13.0. The highest BCUT2D eigenvalue weighted by molar-refractivity contribution is 9.10. The molecule has 5 heteroatoms. The third-order valence-electron chi connectivity index (χ3n) is 2.37. The van der Waals surface area contributed by atoms with Crippen LogP contribution in [-0.4, -0.2) is 5.91 Å². The molecule has 0 aliphatic rings. The van der Waals surface area contributed by atoms with Gasteiger partial charge in [-0.25, -0.2) is 4.39 Å². The van der Waals surface area contributed by atoms with E-state index in [2.05, 4.69) is 21.2 Å². The zero-order valence-corrected chi connectivity index (χ0v) is 10.9. The van der Waals surface area contributed by atoms with Crippen molar-refractivity contribution in [3.05, 3.63) is 58.3 Å². The Morgan fingerprint density at radius 1 is 1.22 bits per heavy atom. The second-order valence-corrected chi connectivity index (χ2v) is 4.52. The summed E-state index contributed by atoms with van der Waals surface area (Å²) >= 11 is 3.29. The van der Waals surface area contributed by atoms with Gasteiger partial charge in [0.25, 0.3) is 5.91 Å². The summed E-state index contributed by atoms with van der Waals surface area (Å²) in [5, 5.41) is 2.65. The van der Waals surface area contributed by atoms with Crippen LogP contribution < -0.4 is 11.1 Å². The van der Waals surface area contributed by atoms with Crippen LogP contribution in [0.15, 0.2) is 46.9 Å². The van der Waals surface area contributed by atoms with Gasteiger partial charge in [0.15, 0.2) is 0 Å². The lowest BCUT2D eigenvalue weighted by atomic mass is 10.2. The van der Waals surface area contributed by atoms with Crippen LogP contribution in [0.2, 0.25) is 0 Å². The summed E-state index contributed by atoms with van der Waals surface area (Å²) in [6.07, 6.45) is 0. The van der Waals surface area contributed by atoms with Crippen LogP contribution in [0.1, 0.15) is 10.4 Å². The van der Waals surface area contributed by atoms with E-state index in [0.29, 0.717) is 15.7 Å². The number of hydrogen-bond acceptors (Lipinski definition) is 2. The van der Waals surface area contributed by atoms with Gasteiger partial charge in [-0.15, -0.1) is 0 Å². The van der Waals surface area contributed by atoms with Crippen molar-refractivity contribution < 1.29 is 9.18 Å². The molecule has 2 rings (SSSR count). The van der Waals surface area contributed by atoms with Gasteiger partial charge in [0.2, 0.25) is 0 Å². The maximum atomic E-state index is 13.0. The Balaban J connectivity index is 2.22. The molecule has 0 saturated carbocycles. The van der Waals surface area contributed by atoms with E-state index in [9.17, 15) is 9.18 Å². The highest BCUT2D eigenvalue weighted by Gasteiger charge is 2.10. The van der Waals surface area contributed by atoms with Crippen molar-refractivity contribution in [1.82, 2.24) is 0 Å². The lowest BCUT2D eigenvalue weighted by Gasteiger charge is -2.07. The fraction of sp³-hybridized carbons (Fsp3) is 0. The Morgan fingerprint density at radius 2 is 1.94 bits per heavy atom. The first-order chi connectivity index (χ1) is 8.58. The zero-order valence-electron chi connectivity index (χ0n) is 9.28. The smallest absolute Gasteiger partial charge is 0.256 e. The highest BCUT2D eigenvalue weighted by atomic mass is 79.9. The minimum Gasteiger partial charge on any atom is -0.396 e. The molecule has 0 radical (unpaired) electrons. The first-order valence-corrected chi connectivity index (χ1v) is 5.98. The first kappa shape index (κ1) is 12.6. The predicted octanol–water partition coefficient (Wildman–Crippen LogP) is 3.42. The van der Waals surface area contributed by atoms with Gasteiger partial charge in [0, 0.05) is 10.2 Å². The number of amides is 1. The van der Waals surface area contributed by atoms with Crippen LogP contribution in [-0.2, 0) is 0 Å². The number of nitrogens with one attached hydrogen (secondary N) is 1. The van der Waals surface area contributed by atoms with Crippen LogP contribution in [0.5, 0.6) is 0 Å². The number of hydrogen-bond donors (Lipinski definition) is 2. The van der Waals surface area contributed by atoms with Crippen LogP contribution >= 0.6 is 15.9 Å². The summed E-state index contributed by atoms with van der Waals surface area (Å²) in [4.78, 5) is 12.0. The topological polar surface area (TPSA) is 55.1 Å². The molecule has 0 aliphatic heterocycles. The normalized spacial score (nSPS) is 10.1. The Morgan fingerprint density at radius 3 is 2.61 bits per heavy atom. The van der Waals surface area contributed by atoms with Gasteiger partial charge in [-0.1, -0.05) is 12.1 Å². The van der Waals surface area contributed by atoms with E-state index < -0.39 is 5.82 Å². The largest absolute Gasteiger partial charge is 0.396 e. The van der Waals surface area contributed by atoms with Crippen molar-refractivity contribution in [2.24, 2.45) is 0 Å². The molecule has 0 unspecified atom stereocenters. The molecule has 0 fully saturated rings. The van der Waals surface area contributed by atoms with Crippen LogP contribution in [0, 0.1) is 5.82 Å². The summed E-state index contributed by atoms with van der Waals surface area (Å²) in [6, 6.07) is 11.1. The lowest BCUT2D eigenvalue weighted by molar-refractivity contribution is 0.102. The number of nitrogens with two attached hydrogens (primary N) is 1. The van der Waals surface area contributed by atoms with Gasteiger partial charge in [-0.05, 0) is 46.3 Å². The minimum atomic E-state index is -0.506. The van der Waals surface area contributed by atoms with Crippen molar-refractivity contribution in [3.8, 4) is 0 Å². The molecule has 2 aromatic carbocycles. The van der Waals surface area contributed by atoms with Crippen molar-refractivity contribution in [2.45, 2.75) is 0 Å².